The third-order valence-electron chi connectivity index (χ3n) is 8.40. The summed E-state index contributed by atoms with van der Waals surface area (Å²) in [5.41, 5.74) is 2.71. The zero-order chi connectivity index (χ0) is 30.3. The van der Waals surface area contributed by atoms with Crippen LogP contribution >= 0.6 is 0 Å². The number of nitro groups is 1. The smallest absolute Gasteiger partial charge is 0.340 e. The molecule has 1 aromatic heterocycles. The highest BCUT2D eigenvalue weighted by Gasteiger charge is 2.23. The summed E-state index contributed by atoms with van der Waals surface area (Å²) in [6.07, 6.45) is 6.71. The number of carbonyl (C=O) groups is 2. The molecule has 224 valence electrons. The minimum absolute atomic E-state index is 0.00235. The van der Waals surface area contributed by atoms with Gasteiger partial charge in [0, 0.05) is 64.7 Å². The molecule has 0 spiro atoms. The van der Waals surface area contributed by atoms with E-state index in [1.165, 1.54) is 6.07 Å². The van der Waals surface area contributed by atoms with Crippen molar-refractivity contribution in [3.8, 4) is 0 Å². The van der Waals surface area contributed by atoms with Gasteiger partial charge in [-0.25, -0.2) is 4.79 Å². The number of unbranched alkanes of at least 4 members (excludes halogenated alkanes) is 1. The van der Waals surface area contributed by atoms with Gasteiger partial charge in [-0.15, -0.1) is 0 Å². The molecule has 0 N–H and O–H groups in total. The minimum atomic E-state index is -0.569. The van der Waals surface area contributed by atoms with E-state index in [2.05, 4.69) is 23.6 Å². The first-order valence-electron chi connectivity index (χ1n) is 15.3. The quantitative estimate of drug-likeness (QED) is 0.0583. The van der Waals surface area contributed by atoms with Gasteiger partial charge in [0.1, 0.15) is 0 Å². The van der Waals surface area contributed by atoms with Crippen LogP contribution in [0.3, 0.4) is 0 Å². The van der Waals surface area contributed by atoms with Gasteiger partial charge in [-0.1, -0.05) is 68.6 Å². The first-order chi connectivity index (χ1) is 20.9. The molecule has 1 saturated heterocycles. The largest absolute Gasteiger partial charge is 0.435 e. The predicted molar refractivity (Wildman–Crippen MR) is 169 cm³/mol. The number of ketones is 1. The van der Waals surface area contributed by atoms with Crippen LogP contribution in [-0.2, 0) is 11.4 Å². The van der Waals surface area contributed by atoms with Gasteiger partial charge in [0.25, 0.3) is 5.69 Å². The lowest BCUT2D eigenvalue weighted by atomic mass is 9.98. The number of benzene rings is 3. The van der Waals surface area contributed by atoms with E-state index in [1.54, 1.807) is 53.4 Å². The summed E-state index contributed by atoms with van der Waals surface area (Å²) in [5.74, 6) is 0.0573. The Bertz CT molecular complexity index is 1650. The molecule has 1 aliphatic rings. The number of Topliss-reactive ketones (excluding diaryl/α,β-unsaturated/α-hetero) is 1. The van der Waals surface area contributed by atoms with Crippen molar-refractivity contribution >= 4 is 45.1 Å². The number of oxime groups is 1. The maximum Gasteiger partial charge on any atom is 0.435 e. The molecule has 3 aromatic carbocycles. The Labute approximate surface area is 251 Å². The zero-order valence-electron chi connectivity index (χ0n) is 24.8. The van der Waals surface area contributed by atoms with E-state index < -0.39 is 16.8 Å². The molecular weight excluding hydrogens is 544 g/mol. The average Bonchev–Trinajstić information content (AvgIpc) is 3.35. The summed E-state index contributed by atoms with van der Waals surface area (Å²) in [6.45, 7) is 6.37. The standard InChI is InChI=1S/C34H38N4O5/c1-3-5-12-24(4-2)23-37-30-17-15-26(21-28(30)29-22-27(38(41)42)16-18-31(29)37)33(39)32(25-13-8-6-9-14-25)35-43-34(40)36-19-10-7-11-20-36/h6,8-9,13-18,21-22,24H,3-5,7,10-12,19-20,23H2,1-2H3. The van der Waals surface area contributed by atoms with Crippen LogP contribution in [-0.4, -0.2) is 45.1 Å². The lowest BCUT2D eigenvalue weighted by Gasteiger charge is -2.24. The molecule has 1 amide bonds. The van der Waals surface area contributed by atoms with Gasteiger partial charge in [0.2, 0.25) is 5.78 Å². The van der Waals surface area contributed by atoms with Crippen LogP contribution in [0.4, 0.5) is 10.5 Å². The van der Waals surface area contributed by atoms with Crippen LogP contribution in [0.1, 0.15) is 74.7 Å². The monoisotopic (exact) mass is 582 g/mol. The first kappa shape index (κ1) is 29.9. The molecule has 1 aliphatic heterocycles. The Morgan fingerprint density at radius 3 is 2.30 bits per heavy atom. The number of amides is 1. The lowest BCUT2D eigenvalue weighted by Crippen LogP contribution is -2.35. The Morgan fingerprint density at radius 1 is 0.930 bits per heavy atom. The van der Waals surface area contributed by atoms with Crippen molar-refractivity contribution in [2.24, 2.45) is 11.1 Å². The van der Waals surface area contributed by atoms with Gasteiger partial charge in [0.05, 0.1) is 4.92 Å². The molecule has 0 saturated carbocycles. The fourth-order valence-corrected chi connectivity index (χ4v) is 5.90. The Hall–Kier alpha value is -4.53. The molecule has 43 heavy (non-hydrogen) atoms. The molecule has 1 fully saturated rings. The van der Waals surface area contributed by atoms with Crippen molar-refractivity contribution in [2.45, 2.75) is 65.3 Å². The van der Waals surface area contributed by atoms with Crippen molar-refractivity contribution in [2.75, 3.05) is 13.1 Å². The van der Waals surface area contributed by atoms with Gasteiger partial charge in [-0.05, 0) is 55.9 Å². The van der Waals surface area contributed by atoms with Crippen molar-refractivity contribution in [1.82, 2.24) is 9.47 Å². The topological polar surface area (TPSA) is 107 Å². The van der Waals surface area contributed by atoms with Crippen molar-refractivity contribution in [3.05, 3.63) is 88.0 Å². The fraction of sp³-hybridized carbons (Fsp3) is 0.382. The summed E-state index contributed by atoms with van der Waals surface area (Å²) >= 11 is 0. The summed E-state index contributed by atoms with van der Waals surface area (Å²) in [7, 11) is 0. The molecule has 4 aromatic rings. The van der Waals surface area contributed by atoms with Crippen molar-refractivity contribution in [1.29, 1.82) is 0 Å². The second kappa shape index (κ2) is 13.6. The molecule has 1 unspecified atom stereocenters. The van der Waals surface area contributed by atoms with E-state index in [0.717, 1.165) is 73.3 Å². The molecule has 9 heteroatoms. The maximum absolute atomic E-state index is 14.0. The summed E-state index contributed by atoms with van der Waals surface area (Å²) in [5, 5.41) is 17.2. The van der Waals surface area contributed by atoms with Gasteiger partial charge in [0.15, 0.2) is 5.71 Å². The molecule has 0 radical (unpaired) electrons. The molecule has 1 atom stereocenters. The molecule has 9 nitrogen and oxygen atoms in total. The van der Waals surface area contributed by atoms with Crippen LogP contribution in [0.2, 0.25) is 0 Å². The molecule has 2 heterocycles. The number of rotatable bonds is 11. The van der Waals surface area contributed by atoms with Crippen LogP contribution in [0.5, 0.6) is 0 Å². The highest BCUT2D eigenvalue weighted by Crippen LogP contribution is 2.34. The Kier molecular flexibility index (Phi) is 9.49. The number of fused-ring (bicyclic) bond motifs is 3. The number of piperidine rings is 1. The Morgan fingerprint density at radius 2 is 1.63 bits per heavy atom. The minimum Gasteiger partial charge on any atom is -0.340 e. The number of non-ortho nitro benzene ring substituents is 1. The highest BCUT2D eigenvalue weighted by molar-refractivity contribution is 6.51. The second-order valence-electron chi connectivity index (χ2n) is 11.3. The van der Waals surface area contributed by atoms with Crippen LogP contribution in [0.25, 0.3) is 21.8 Å². The SMILES string of the molecule is CCCCC(CC)Cn1c2ccc(C(=O)C(=NOC(=O)N3CCCCC3)c3ccccc3)cc2c2cc([N+](=O)[O-])ccc21. The highest BCUT2D eigenvalue weighted by atomic mass is 16.7. The summed E-state index contributed by atoms with van der Waals surface area (Å²) in [6, 6.07) is 19.3. The first-order valence-corrected chi connectivity index (χ1v) is 15.3. The second-order valence-corrected chi connectivity index (χ2v) is 11.3. The van der Waals surface area contributed by atoms with E-state index in [0.29, 0.717) is 30.1 Å². The zero-order valence-corrected chi connectivity index (χ0v) is 24.8. The van der Waals surface area contributed by atoms with E-state index in [-0.39, 0.29) is 11.4 Å². The van der Waals surface area contributed by atoms with E-state index in [1.807, 2.05) is 12.1 Å². The number of hydrogen-bond donors (Lipinski definition) is 0. The third kappa shape index (κ3) is 6.61. The summed E-state index contributed by atoms with van der Waals surface area (Å²) < 4.78 is 2.22. The van der Waals surface area contributed by atoms with Crippen LogP contribution in [0.15, 0.2) is 71.9 Å². The lowest BCUT2D eigenvalue weighted by molar-refractivity contribution is -0.384. The number of nitro benzene ring substituents is 1. The number of likely N-dealkylation sites (tertiary alicyclic amines) is 1. The van der Waals surface area contributed by atoms with E-state index >= 15 is 0 Å². The van der Waals surface area contributed by atoms with E-state index in [9.17, 15) is 19.7 Å². The number of carbonyl (C=O) groups excluding carboxylic acids is 2. The van der Waals surface area contributed by atoms with Crippen LogP contribution < -0.4 is 0 Å². The molecule has 0 aliphatic carbocycles. The van der Waals surface area contributed by atoms with Crippen molar-refractivity contribution < 1.29 is 19.3 Å². The average molecular weight is 583 g/mol. The third-order valence-corrected chi connectivity index (χ3v) is 8.40. The molecular formula is C34H38N4O5. The number of hydrogen-bond acceptors (Lipinski definition) is 6. The fourth-order valence-electron chi connectivity index (χ4n) is 5.90. The normalized spacial score (nSPS) is 14.7. The van der Waals surface area contributed by atoms with Crippen molar-refractivity contribution in [3.63, 3.8) is 0 Å². The number of aromatic nitrogens is 1. The Balaban J connectivity index is 1.57. The molecule has 0 bridgehead atoms. The predicted octanol–water partition coefficient (Wildman–Crippen LogP) is 8.13. The van der Waals surface area contributed by atoms with Gasteiger partial charge in [-0.2, -0.15) is 0 Å². The van der Waals surface area contributed by atoms with Gasteiger partial charge < -0.3 is 9.47 Å². The van der Waals surface area contributed by atoms with Gasteiger partial charge in [-0.3, -0.25) is 19.7 Å². The summed E-state index contributed by atoms with van der Waals surface area (Å²) in [4.78, 5) is 44.9. The van der Waals surface area contributed by atoms with Crippen LogP contribution in [0, 0.1) is 16.0 Å². The van der Waals surface area contributed by atoms with E-state index in [4.69, 9.17) is 4.84 Å². The molecule has 5 rings (SSSR count). The van der Waals surface area contributed by atoms with Gasteiger partial charge >= 0.3 is 6.09 Å². The number of nitrogens with zero attached hydrogens (tertiary/aromatic N) is 4. The maximum atomic E-state index is 14.0.